The fraction of sp³-hybridized carbons (Fsp3) is 0.485. The van der Waals surface area contributed by atoms with Crippen LogP contribution in [0.3, 0.4) is 0 Å². The number of ketones is 1. The molecule has 0 aliphatic rings. The first-order valence-corrected chi connectivity index (χ1v) is 15.2. The molecule has 2 N–H and O–H groups in total. The molecule has 2 rings (SSSR count). The fourth-order valence-electron chi connectivity index (χ4n) is 3.56. The van der Waals surface area contributed by atoms with Gasteiger partial charge in [-0.3, -0.25) is 9.59 Å². The van der Waals surface area contributed by atoms with Crippen LogP contribution in [0.25, 0.3) is 22.9 Å². The van der Waals surface area contributed by atoms with E-state index >= 15 is 0 Å². The fourth-order valence-corrected chi connectivity index (χ4v) is 4.36. The summed E-state index contributed by atoms with van der Waals surface area (Å²) in [7, 11) is 0. The molecule has 0 saturated heterocycles. The van der Waals surface area contributed by atoms with Crippen LogP contribution in [-0.2, 0) is 14.3 Å². The lowest BCUT2D eigenvalue weighted by molar-refractivity contribution is -0.113. The zero-order valence-corrected chi connectivity index (χ0v) is 26.7. The Bertz CT molecular complexity index is 1090. The van der Waals surface area contributed by atoms with Gasteiger partial charge in [0.05, 0.1) is 5.69 Å². The second-order valence-electron chi connectivity index (χ2n) is 9.43. The Hall–Kier alpha value is -3.03. The first-order valence-electron chi connectivity index (χ1n) is 14.3. The summed E-state index contributed by atoms with van der Waals surface area (Å²) in [6.45, 7) is 21.9. The Kier molecular flexibility index (Phi) is 21.0. The summed E-state index contributed by atoms with van der Waals surface area (Å²) in [6.07, 6.45) is 17.4. The lowest BCUT2D eigenvalue weighted by Crippen LogP contribution is -2.05. The van der Waals surface area contributed by atoms with E-state index in [1.807, 2.05) is 37.6 Å². The van der Waals surface area contributed by atoms with E-state index in [0.29, 0.717) is 12.0 Å². The van der Waals surface area contributed by atoms with Gasteiger partial charge in [0.25, 0.3) is 0 Å². The standard InChI is InChI=1S/C20H21N3O2S.C10H22O.C3H8/c1-5-6-7-17-14(3)22-10-18(17)19-11-26-20(23-19)13(2)8-16(15(4)25)9-21-12-24;1-4-8-11-9-7-10(5-2)6-3;1-3-2/h5-12,22H,1H2,2-4H3,(H,21,24);10H,4-9H2,1-3H3;3H2,1-2H3/b7-6-,13-8+,16-9+;;. The highest BCUT2D eigenvalue weighted by Crippen LogP contribution is 2.31. The van der Waals surface area contributed by atoms with Gasteiger partial charge in [-0.1, -0.05) is 78.7 Å². The van der Waals surface area contributed by atoms with Gasteiger partial charge in [-0.15, -0.1) is 11.3 Å². The smallest absolute Gasteiger partial charge is 0.211 e. The van der Waals surface area contributed by atoms with Crippen LogP contribution >= 0.6 is 11.3 Å². The Morgan fingerprint density at radius 1 is 1.18 bits per heavy atom. The molecule has 0 fully saturated rings. The molecule has 0 unspecified atom stereocenters. The molecule has 2 aromatic rings. The molecular weight excluding hydrogens is 518 g/mol. The number of aromatic nitrogens is 2. The molecule has 0 spiro atoms. The third kappa shape index (κ3) is 14.4. The van der Waals surface area contributed by atoms with Crippen molar-refractivity contribution in [1.29, 1.82) is 0 Å². The predicted molar refractivity (Wildman–Crippen MR) is 173 cm³/mol. The van der Waals surface area contributed by atoms with Crippen molar-refractivity contribution in [2.75, 3.05) is 13.2 Å². The van der Waals surface area contributed by atoms with Gasteiger partial charge in [-0.2, -0.15) is 0 Å². The van der Waals surface area contributed by atoms with Gasteiger partial charge < -0.3 is 15.0 Å². The maximum Gasteiger partial charge on any atom is 0.211 e. The average molecular weight is 570 g/mol. The molecule has 0 atom stereocenters. The second-order valence-corrected chi connectivity index (χ2v) is 10.3. The van der Waals surface area contributed by atoms with Crippen LogP contribution in [0, 0.1) is 12.8 Å². The molecular formula is C33H51N3O3S. The second kappa shape index (κ2) is 22.8. The molecule has 2 aromatic heterocycles. The average Bonchev–Trinajstić information content (AvgIpc) is 3.57. The number of nitrogens with one attached hydrogen (secondary N) is 2. The van der Waals surface area contributed by atoms with E-state index in [1.165, 1.54) is 50.1 Å². The third-order valence-electron chi connectivity index (χ3n) is 5.90. The number of aryl methyl sites for hydroxylation is 1. The minimum Gasteiger partial charge on any atom is -0.381 e. The number of carbonyl (C=O) groups is 2. The Morgan fingerprint density at radius 3 is 2.40 bits per heavy atom. The first-order chi connectivity index (χ1) is 19.2. The quantitative estimate of drug-likeness (QED) is 0.0970. The first kappa shape index (κ1) is 37.0. The van der Waals surface area contributed by atoms with Gasteiger partial charge in [0.1, 0.15) is 5.01 Å². The van der Waals surface area contributed by atoms with Crippen molar-refractivity contribution in [3.8, 4) is 11.3 Å². The SMILES string of the molecule is C=C/C=C\c1c(-c2csc(/C(C)=C/C(=C\NC=O)C(C)=O)n2)c[nH]c1C.CCC.CCCOCCC(CC)CC. The zero-order chi connectivity index (χ0) is 30.3. The van der Waals surface area contributed by atoms with E-state index in [0.717, 1.165) is 58.6 Å². The Balaban J connectivity index is 0.000000908. The number of allylic oxidation sites excluding steroid dienone is 5. The number of amides is 1. The van der Waals surface area contributed by atoms with E-state index in [9.17, 15) is 9.59 Å². The minimum absolute atomic E-state index is 0.131. The van der Waals surface area contributed by atoms with Crippen LogP contribution in [-0.4, -0.2) is 35.4 Å². The van der Waals surface area contributed by atoms with Gasteiger partial charge in [0.2, 0.25) is 6.41 Å². The van der Waals surface area contributed by atoms with E-state index in [2.05, 4.69) is 51.5 Å². The molecule has 40 heavy (non-hydrogen) atoms. The van der Waals surface area contributed by atoms with Crippen molar-refractivity contribution >= 4 is 35.2 Å². The maximum atomic E-state index is 11.7. The van der Waals surface area contributed by atoms with Crippen molar-refractivity contribution in [3.05, 3.63) is 64.4 Å². The van der Waals surface area contributed by atoms with Crippen LogP contribution in [0.5, 0.6) is 0 Å². The van der Waals surface area contributed by atoms with Crippen molar-refractivity contribution in [2.45, 2.75) is 87.5 Å². The number of ether oxygens (including phenoxy) is 1. The van der Waals surface area contributed by atoms with Crippen LogP contribution in [0.2, 0.25) is 0 Å². The number of H-pyrrole nitrogens is 1. The zero-order valence-electron chi connectivity index (χ0n) is 25.9. The lowest BCUT2D eigenvalue weighted by atomic mass is 10.0. The van der Waals surface area contributed by atoms with Crippen molar-refractivity contribution in [1.82, 2.24) is 15.3 Å². The van der Waals surface area contributed by atoms with E-state index in [4.69, 9.17) is 9.72 Å². The molecule has 0 radical (unpaired) electrons. The highest BCUT2D eigenvalue weighted by Gasteiger charge is 2.13. The molecule has 6 nitrogen and oxygen atoms in total. The van der Waals surface area contributed by atoms with Crippen molar-refractivity contribution in [3.63, 3.8) is 0 Å². The molecule has 7 heteroatoms. The van der Waals surface area contributed by atoms with Crippen molar-refractivity contribution in [2.24, 2.45) is 5.92 Å². The number of carbonyl (C=O) groups excluding carboxylic acids is 2. The summed E-state index contributed by atoms with van der Waals surface area (Å²) in [5.74, 6) is 0.750. The van der Waals surface area contributed by atoms with Crippen LogP contribution in [0.15, 0.2) is 48.2 Å². The number of rotatable bonds is 15. The van der Waals surface area contributed by atoms with Crippen LogP contribution < -0.4 is 5.32 Å². The number of hydrogen-bond acceptors (Lipinski definition) is 5. The van der Waals surface area contributed by atoms with Crippen LogP contribution in [0.1, 0.15) is 96.8 Å². The summed E-state index contributed by atoms with van der Waals surface area (Å²) < 4.78 is 5.42. The number of hydrogen-bond donors (Lipinski definition) is 2. The topological polar surface area (TPSA) is 84.1 Å². The van der Waals surface area contributed by atoms with Gasteiger partial charge in [-0.25, -0.2) is 4.98 Å². The Morgan fingerprint density at radius 2 is 1.85 bits per heavy atom. The molecule has 0 bridgehead atoms. The predicted octanol–water partition coefficient (Wildman–Crippen LogP) is 8.92. The van der Waals surface area contributed by atoms with Gasteiger partial charge in [-0.05, 0) is 51.2 Å². The van der Waals surface area contributed by atoms with E-state index < -0.39 is 0 Å². The highest BCUT2D eigenvalue weighted by molar-refractivity contribution is 7.11. The number of Topliss-reactive ketones (excluding diaryl/α,β-unsaturated/α-hetero) is 1. The number of nitrogens with zero attached hydrogens (tertiary/aromatic N) is 1. The molecule has 0 aliphatic heterocycles. The molecule has 1 amide bonds. The minimum atomic E-state index is -0.131. The van der Waals surface area contributed by atoms with E-state index in [-0.39, 0.29) is 5.78 Å². The summed E-state index contributed by atoms with van der Waals surface area (Å²) >= 11 is 1.51. The normalized spacial score (nSPS) is 11.5. The summed E-state index contributed by atoms with van der Waals surface area (Å²) in [6, 6.07) is 0. The molecule has 0 aliphatic carbocycles. The monoisotopic (exact) mass is 569 g/mol. The highest BCUT2D eigenvalue weighted by atomic mass is 32.1. The summed E-state index contributed by atoms with van der Waals surface area (Å²) in [5.41, 5.74) is 5.28. The summed E-state index contributed by atoms with van der Waals surface area (Å²) in [5, 5.41) is 5.21. The van der Waals surface area contributed by atoms with Gasteiger partial charge >= 0.3 is 0 Å². The number of thiazole rings is 1. The molecule has 2 heterocycles. The lowest BCUT2D eigenvalue weighted by Gasteiger charge is -2.11. The molecule has 0 saturated carbocycles. The number of aromatic amines is 1. The largest absolute Gasteiger partial charge is 0.381 e. The maximum absolute atomic E-state index is 11.7. The molecule has 0 aromatic carbocycles. The van der Waals surface area contributed by atoms with E-state index in [1.54, 1.807) is 12.2 Å². The van der Waals surface area contributed by atoms with Crippen LogP contribution in [0.4, 0.5) is 0 Å². The van der Waals surface area contributed by atoms with Crippen molar-refractivity contribution < 1.29 is 14.3 Å². The Labute approximate surface area is 246 Å². The van der Waals surface area contributed by atoms with Gasteiger partial charge in [0, 0.05) is 53.4 Å². The molecule has 222 valence electrons. The third-order valence-corrected chi connectivity index (χ3v) is 6.88. The van der Waals surface area contributed by atoms with Gasteiger partial charge in [0.15, 0.2) is 5.78 Å². The summed E-state index contributed by atoms with van der Waals surface area (Å²) in [4.78, 5) is 30.0.